The van der Waals surface area contributed by atoms with Gasteiger partial charge in [0.2, 0.25) is 0 Å². The van der Waals surface area contributed by atoms with Gasteiger partial charge in [-0.15, -0.1) is 0 Å². The smallest absolute Gasteiger partial charge is 0.0990 e. The van der Waals surface area contributed by atoms with Gasteiger partial charge in [-0.1, -0.05) is 70.4 Å². The van der Waals surface area contributed by atoms with E-state index in [0.717, 1.165) is 32.6 Å². The van der Waals surface area contributed by atoms with Crippen molar-refractivity contribution in [1.29, 1.82) is 0 Å². The third kappa shape index (κ3) is 10.9. The molecular formula is C21H41N3. The van der Waals surface area contributed by atoms with Crippen molar-refractivity contribution in [1.82, 2.24) is 4.90 Å². The molecule has 0 saturated carbocycles. The van der Waals surface area contributed by atoms with Gasteiger partial charge in [0, 0.05) is 26.1 Å². The molecule has 140 valence electrons. The molecule has 1 rings (SSSR count). The second-order valence-corrected chi connectivity index (χ2v) is 7.03. The zero-order chi connectivity index (χ0) is 17.3. The molecule has 0 amide bonds. The molecule has 0 radical (unpaired) electrons. The highest BCUT2D eigenvalue weighted by Gasteiger charge is 2.14. The minimum absolute atomic E-state index is 0.745. The molecule has 0 spiro atoms. The molecule has 1 aliphatic rings. The number of hydrogen-bond donors (Lipinski definition) is 1. The van der Waals surface area contributed by atoms with E-state index in [1.807, 2.05) is 0 Å². The summed E-state index contributed by atoms with van der Waals surface area (Å²) in [4.78, 5) is 6.99. The average Bonchev–Trinajstić information content (AvgIpc) is 3.03. The summed E-state index contributed by atoms with van der Waals surface area (Å²) < 4.78 is 0. The Balaban J connectivity index is 1.80. The van der Waals surface area contributed by atoms with Gasteiger partial charge in [-0.3, -0.25) is 4.99 Å². The Labute approximate surface area is 150 Å². The van der Waals surface area contributed by atoms with Gasteiger partial charge in [0.25, 0.3) is 0 Å². The molecule has 0 aliphatic carbocycles. The summed E-state index contributed by atoms with van der Waals surface area (Å²) in [7, 11) is 0. The fraction of sp³-hybridized carbons (Fsp3) is 0.857. The van der Waals surface area contributed by atoms with Crippen LogP contribution in [0.4, 0.5) is 0 Å². The molecule has 1 heterocycles. The SMILES string of the molecule is CC/C=C/CCCCCCCCCCCCC1=NCCN1CCN. The Hall–Kier alpha value is -0.830. The third-order valence-corrected chi connectivity index (χ3v) is 4.85. The van der Waals surface area contributed by atoms with E-state index in [1.54, 1.807) is 0 Å². The van der Waals surface area contributed by atoms with Crippen LogP contribution in [0.15, 0.2) is 17.1 Å². The topological polar surface area (TPSA) is 41.6 Å². The number of nitrogens with zero attached hydrogens (tertiary/aromatic N) is 2. The fourth-order valence-electron chi connectivity index (χ4n) is 3.41. The second kappa shape index (κ2) is 15.7. The fourth-order valence-corrected chi connectivity index (χ4v) is 3.41. The van der Waals surface area contributed by atoms with Crippen molar-refractivity contribution in [3.05, 3.63) is 12.2 Å². The minimum Gasteiger partial charge on any atom is -0.357 e. The summed E-state index contributed by atoms with van der Waals surface area (Å²) in [5, 5.41) is 0. The number of unbranched alkanes of at least 4 members (excludes halogenated alkanes) is 10. The van der Waals surface area contributed by atoms with Gasteiger partial charge < -0.3 is 10.6 Å². The number of allylic oxidation sites excluding steroid dienone is 2. The van der Waals surface area contributed by atoms with Crippen molar-refractivity contribution >= 4 is 5.84 Å². The molecular weight excluding hydrogens is 294 g/mol. The largest absolute Gasteiger partial charge is 0.357 e. The predicted molar refractivity (Wildman–Crippen MR) is 108 cm³/mol. The first-order valence-electron chi connectivity index (χ1n) is 10.5. The highest BCUT2D eigenvalue weighted by atomic mass is 15.2. The van der Waals surface area contributed by atoms with Crippen LogP contribution < -0.4 is 5.73 Å². The Morgan fingerprint density at radius 2 is 1.54 bits per heavy atom. The molecule has 0 aromatic rings. The lowest BCUT2D eigenvalue weighted by Crippen LogP contribution is -2.32. The summed E-state index contributed by atoms with van der Waals surface area (Å²) in [6, 6.07) is 0. The van der Waals surface area contributed by atoms with Crippen molar-refractivity contribution in [3.63, 3.8) is 0 Å². The second-order valence-electron chi connectivity index (χ2n) is 7.03. The molecule has 0 bridgehead atoms. The van der Waals surface area contributed by atoms with Gasteiger partial charge in [-0.2, -0.15) is 0 Å². The first-order valence-corrected chi connectivity index (χ1v) is 10.5. The van der Waals surface area contributed by atoms with Gasteiger partial charge >= 0.3 is 0 Å². The number of nitrogens with two attached hydrogens (primary N) is 1. The highest BCUT2D eigenvalue weighted by molar-refractivity contribution is 5.83. The molecule has 0 fully saturated rings. The number of aliphatic imine (C=N–C) groups is 1. The Kier molecular flexibility index (Phi) is 13.9. The van der Waals surface area contributed by atoms with Crippen LogP contribution in [0.3, 0.4) is 0 Å². The van der Waals surface area contributed by atoms with Gasteiger partial charge in [-0.05, 0) is 25.7 Å². The molecule has 1 aliphatic heterocycles. The van der Waals surface area contributed by atoms with Crippen LogP contribution in [0.25, 0.3) is 0 Å². The zero-order valence-electron chi connectivity index (χ0n) is 16.1. The maximum atomic E-state index is 5.65. The third-order valence-electron chi connectivity index (χ3n) is 4.85. The van der Waals surface area contributed by atoms with Crippen molar-refractivity contribution in [2.75, 3.05) is 26.2 Å². The van der Waals surface area contributed by atoms with E-state index in [0.29, 0.717) is 0 Å². The van der Waals surface area contributed by atoms with Crippen LogP contribution in [-0.4, -0.2) is 36.9 Å². The van der Waals surface area contributed by atoms with E-state index in [4.69, 9.17) is 5.73 Å². The molecule has 0 atom stereocenters. The first-order chi connectivity index (χ1) is 11.9. The lowest BCUT2D eigenvalue weighted by molar-refractivity contribution is 0.455. The summed E-state index contributed by atoms with van der Waals surface area (Å²) in [5.41, 5.74) is 5.65. The number of hydrogen-bond acceptors (Lipinski definition) is 3. The molecule has 0 aromatic heterocycles. The molecule has 3 heteroatoms. The van der Waals surface area contributed by atoms with Crippen LogP contribution in [0.5, 0.6) is 0 Å². The van der Waals surface area contributed by atoms with Crippen molar-refractivity contribution in [3.8, 4) is 0 Å². The van der Waals surface area contributed by atoms with Crippen LogP contribution in [-0.2, 0) is 0 Å². The van der Waals surface area contributed by atoms with E-state index in [2.05, 4.69) is 29.0 Å². The van der Waals surface area contributed by atoms with Gasteiger partial charge in [0.1, 0.15) is 0 Å². The predicted octanol–water partition coefficient (Wildman–Crippen LogP) is 5.31. The molecule has 24 heavy (non-hydrogen) atoms. The van der Waals surface area contributed by atoms with E-state index in [1.165, 1.54) is 82.9 Å². The molecule has 0 saturated heterocycles. The summed E-state index contributed by atoms with van der Waals surface area (Å²) in [6.07, 6.45) is 22.2. The zero-order valence-corrected chi connectivity index (χ0v) is 16.1. The van der Waals surface area contributed by atoms with Crippen LogP contribution in [0.1, 0.15) is 90.4 Å². The molecule has 3 nitrogen and oxygen atoms in total. The van der Waals surface area contributed by atoms with Crippen LogP contribution >= 0.6 is 0 Å². The van der Waals surface area contributed by atoms with Gasteiger partial charge in [0.05, 0.1) is 12.4 Å². The monoisotopic (exact) mass is 335 g/mol. The standard InChI is InChI=1S/C21H41N3/c1-2-3-4-5-6-7-8-9-10-11-12-13-14-15-16-21-23-18-20-24(21)19-17-22/h3-4H,2,5-20,22H2,1H3/b4-3+. The van der Waals surface area contributed by atoms with E-state index < -0.39 is 0 Å². The molecule has 0 aromatic carbocycles. The Morgan fingerprint density at radius 1 is 0.917 bits per heavy atom. The highest BCUT2D eigenvalue weighted by Crippen LogP contribution is 2.14. The van der Waals surface area contributed by atoms with E-state index >= 15 is 0 Å². The minimum atomic E-state index is 0.745. The quantitative estimate of drug-likeness (QED) is 0.307. The maximum Gasteiger partial charge on any atom is 0.0990 e. The lowest BCUT2D eigenvalue weighted by atomic mass is 10.0. The van der Waals surface area contributed by atoms with Crippen LogP contribution in [0.2, 0.25) is 0 Å². The van der Waals surface area contributed by atoms with Gasteiger partial charge in [-0.25, -0.2) is 0 Å². The summed E-state index contributed by atoms with van der Waals surface area (Å²) >= 11 is 0. The Morgan fingerprint density at radius 3 is 2.17 bits per heavy atom. The van der Waals surface area contributed by atoms with Gasteiger partial charge in [0.15, 0.2) is 0 Å². The number of rotatable bonds is 16. The van der Waals surface area contributed by atoms with Crippen LogP contribution in [0, 0.1) is 0 Å². The average molecular weight is 336 g/mol. The van der Waals surface area contributed by atoms with E-state index in [9.17, 15) is 0 Å². The van der Waals surface area contributed by atoms with E-state index in [-0.39, 0.29) is 0 Å². The lowest BCUT2D eigenvalue weighted by Gasteiger charge is -2.19. The molecule has 0 unspecified atom stereocenters. The maximum absolute atomic E-state index is 5.65. The van der Waals surface area contributed by atoms with Crippen molar-refractivity contribution < 1.29 is 0 Å². The first kappa shape index (κ1) is 21.2. The summed E-state index contributed by atoms with van der Waals surface area (Å²) in [5.74, 6) is 1.31. The molecule has 2 N–H and O–H groups in total. The van der Waals surface area contributed by atoms with Crippen molar-refractivity contribution in [2.24, 2.45) is 10.7 Å². The summed E-state index contributed by atoms with van der Waals surface area (Å²) in [6.45, 7) is 5.99. The normalized spacial score (nSPS) is 14.8. The van der Waals surface area contributed by atoms with Crippen molar-refractivity contribution in [2.45, 2.75) is 90.4 Å². The number of amidine groups is 1. The Bertz CT molecular complexity index is 336.